The van der Waals surface area contributed by atoms with Crippen molar-refractivity contribution in [3.63, 3.8) is 0 Å². The van der Waals surface area contributed by atoms with E-state index in [9.17, 15) is 9.90 Å². The summed E-state index contributed by atoms with van der Waals surface area (Å²) in [6, 6.07) is 6.24. The molecule has 1 aromatic heterocycles. The summed E-state index contributed by atoms with van der Waals surface area (Å²) in [6.45, 7) is 6.89. The van der Waals surface area contributed by atoms with Gasteiger partial charge in [-0.1, -0.05) is 25.1 Å². The quantitative estimate of drug-likeness (QED) is 0.598. The molecule has 2 atom stereocenters. The highest BCUT2D eigenvalue weighted by Gasteiger charge is 2.46. The average molecular weight is 450 g/mol. The molecule has 1 aliphatic heterocycles. The molecule has 5 rings (SSSR count). The van der Waals surface area contributed by atoms with Crippen LogP contribution in [0.4, 0.5) is 11.8 Å². The first-order chi connectivity index (χ1) is 16.0. The summed E-state index contributed by atoms with van der Waals surface area (Å²) >= 11 is 0. The molecule has 2 saturated carbocycles. The number of nitrogens with one attached hydrogen (secondary N) is 2. The highest BCUT2D eigenvalue weighted by molar-refractivity contribution is 5.98. The number of hydrogen-bond acceptors (Lipinski definition) is 6. The van der Waals surface area contributed by atoms with Gasteiger partial charge >= 0.3 is 0 Å². The van der Waals surface area contributed by atoms with E-state index in [0.717, 1.165) is 73.2 Å². The largest absolute Gasteiger partial charge is 0.392 e. The molecule has 3 N–H and O–H groups in total. The Morgan fingerprint density at radius 2 is 1.94 bits per heavy atom. The van der Waals surface area contributed by atoms with Gasteiger partial charge in [0.1, 0.15) is 11.4 Å². The smallest absolute Gasteiger partial charge is 0.256 e. The van der Waals surface area contributed by atoms with Crippen LogP contribution in [0.15, 0.2) is 24.4 Å². The first-order valence-corrected chi connectivity index (χ1v) is 12.4. The fraction of sp³-hybridized carbons (Fsp3) is 0.577. The van der Waals surface area contributed by atoms with E-state index in [-0.39, 0.29) is 18.6 Å². The molecule has 7 heteroatoms. The molecule has 7 nitrogen and oxygen atoms in total. The Labute approximate surface area is 196 Å². The fourth-order valence-electron chi connectivity index (χ4n) is 5.29. The van der Waals surface area contributed by atoms with Crippen molar-refractivity contribution in [2.75, 3.05) is 23.3 Å². The number of anilines is 2. The van der Waals surface area contributed by atoms with E-state index in [1.165, 1.54) is 6.42 Å². The zero-order valence-electron chi connectivity index (χ0n) is 19.7. The van der Waals surface area contributed by atoms with E-state index in [2.05, 4.69) is 33.5 Å². The predicted molar refractivity (Wildman–Crippen MR) is 129 cm³/mol. The summed E-state index contributed by atoms with van der Waals surface area (Å²) in [6.07, 6.45) is 7.39. The molecule has 0 spiro atoms. The zero-order chi connectivity index (χ0) is 22.9. The van der Waals surface area contributed by atoms with Crippen LogP contribution in [0.3, 0.4) is 0 Å². The lowest BCUT2D eigenvalue weighted by molar-refractivity contribution is 0.0923. The molecule has 3 fully saturated rings. The monoisotopic (exact) mass is 449 g/mol. The van der Waals surface area contributed by atoms with Crippen molar-refractivity contribution < 1.29 is 9.90 Å². The number of aliphatic hydroxyl groups excluding tert-OH is 1. The van der Waals surface area contributed by atoms with Crippen LogP contribution in [0.2, 0.25) is 0 Å². The number of hydrogen-bond donors (Lipinski definition) is 3. The third-order valence-electron chi connectivity index (χ3n) is 7.67. The van der Waals surface area contributed by atoms with Gasteiger partial charge in [-0.25, -0.2) is 4.98 Å². The maximum atomic E-state index is 13.2. The van der Waals surface area contributed by atoms with Gasteiger partial charge in [0.15, 0.2) is 0 Å². The summed E-state index contributed by atoms with van der Waals surface area (Å²) < 4.78 is 0. The number of aryl methyl sites for hydroxylation is 1. The van der Waals surface area contributed by atoms with Crippen molar-refractivity contribution >= 4 is 17.7 Å². The normalized spacial score (nSPS) is 26.1. The molecule has 176 valence electrons. The minimum atomic E-state index is -0.0975. The van der Waals surface area contributed by atoms with Crippen molar-refractivity contribution in [3.05, 3.63) is 46.6 Å². The van der Waals surface area contributed by atoms with Crippen LogP contribution in [0.1, 0.15) is 66.1 Å². The topological polar surface area (TPSA) is 90.4 Å². The summed E-state index contributed by atoms with van der Waals surface area (Å²) in [5, 5.41) is 16.1. The molecular weight excluding hydrogens is 414 g/mol. The predicted octanol–water partition coefficient (Wildman–Crippen LogP) is 3.65. The Balaban J connectivity index is 1.34. The minimum Gasteiger partial charge on any atom is -0.392 e. The van der Waals surface area contributed by atoms with E-state index in [1.807, 2.05) is 19.1 Å². The number of carbonyl (C=O) groups is 1. The number of nitrogens with zero attached hydrogens (tertiary/aromatic N) is 3. The second-order valence-corrected chi connectivity index (χ2v) is 10.3. The molecule has 1 aromatic carbocycles. The van der Waals surface area contributed by atoms with Gasteiger partial charge in [0.05, 0.1) is 6.61 Å². The Hall–Kier alpha value is -2.67. The van der Waals surface area contributed by atoms with Gasteiger partial charge in [-0.05, 0) is 73.5 Å². The Morgan fingerprint density at radius 1 is 1.18 bits per heavy atom. The average Bonchev–Trinajstić information content (AvgIpc) is 3.43. The van der Waals surface area contributed by atoms with Crippen LogP contribution in [0.25, 0.3) is 0 Å². The number of rotatable bonds is 7. The molecule has 2 aliphatic carbocycles. The Bertz CT molecular complexity index is 1010. The number of aliphatic hydroxyl groups is 1. The van der Waals surface area contributed by atoms with Crippen LogP contribution in [-0.4, -0.2) is 40.1 Å². The van der Waals surface area contributed by atoms with Gasteiger partial charge in [0.2, 0.25) is 5.95 Å². The minimum absolute atomic E-state index is 0.0386. The molecule has 0 radical (unpaired) electrons. The second kappa shape index (κ2) is 9.29. The molecule has 2 aromatic rings. The fourth-order valence-corrected chi connectivity index (χ4v) is 5.29. The molecule has 2 unspecified atom stereocenters. The highest BCUT2D eigenvalue weighted by atomic mass is 16.3. The van der Waals surface area contributed by atoms with E-state index >= 15 is 0 Å². The van der Waals surface area contributed by atoms with Crippen LogP contribution < -0.4 is 15.5 Å². The third-order valence-corrected chi connectivity index (χ3v) is 7.67. The number of aromatic nitrogens is 2. The first-order valence-electron chi connectivity index (χ1n) is 12.4. The zero-order valence-corrected chi connectivity index (χ0v) is 19.7. The molecular formula is C26H35N5O2. The number of piperidine rings is 1. The molecule has 33 heavy (non-hydrogen) atoms. The van der Waals surface area contributed by atoms with Gasteiger partial charge < -0.3 is 20.6 Å². The number of amides is 1. The summed E-state index contributed by atoms with van der Waals surface area (Å²) in [7, 11) is 0. The standard InChI is InChI=1S/C26H35N5O2/c1-16-3-7-22(8-4-16)29-25(33)23-12-28-26(31-13-20-10-21(20)14-31)30-24(23)27-11-18-5-6-19(15-32)17(2)9-18/h5-6,9,12,16,20-22,32H,3-4,7-8,10-11,13-15H2,1-2H3,(H,29,33)(H,27,28,30)/t16-,20?,21?,22-. The maximum absolute atomic E-state index is 13.2. The van der Waals surface area contributed by atoms with Crippen LogP contribution in [0.5, 0.6) is 0 Å². The van der Waals surface area contributed by atoms with Gasteiger partial charge in [-0.3, -0.25) is 4.79 Å². The van der Waals surface area contributed by atoms with Crippen LogP contribution in [-0.2, 0) is 13.2 Å². The van der Waals surface area contributed by atoms with Crippen LogP contribution in [0, 0.1) is 24.7 Å². The maximum Gasteiger partial charge on any atom is 0.256 e. The van der Waals surface area contributed by atoms with Crippen molar-refractivity contribution in [3.8, 4) is 0 Å². The highest BCUT2D eigenvalue weighted by Crippen LogP contribution is 2.45. The van der Waals surface area contributed by atoms with Gasteiger partial charge in [0, 0.05) is 31.9 Å². The van der Waals surface area contributed by atoms with Gasteiger partial charge in [-0.2, -0.15) is 4.98 Å². The van der Waals surface area contributed by atoms with E-state index in [1.54, 1.807) is 6.20 Å². The van der Waals surface area contributed by atoms with E-state index in [4.69, 9.17) is 4.98 Å². The van der Waals surface area contributed by atoms with E-state index in [0.29, 0.717) is 23.9 Å². The molecule has 2 heterocycles. The number of fused-ring (bicyclic) bond motifs is 1. The van der Waals surface area contributed by atoms with Crippen molar-refractivity contribution in [2.45, 2.75) is 65.1 Å². The van der Waals surface area contributed by atoms with Crippen molar-refractivity contribution in [1.29, 1.82) is 0 Å². The number of carbonyl (C=O) groups excluding carboxylic acids is 1. The first kappa shape index (κ1) is 22.1. The third kappa shape index (κ3) is 4.98. The van der Waals surface area contributed by atoms with Crippen molar-refractivity contribution in [1.82, 2.24) is 15.3 Å². The second-order valence-electron chi connectivity index (χ2n) is 10.3. The Kier molecular flexibility index (Phi) is 6.23. The number of benzene rings is 1. The molecule has 0 bridgehead atoms. The molecule has 1 saturated heterocycles. The van der Waals surface area contributed by atoms with E-state index < -0.39 is 0 Å². The Morgan fingerprint density at radius 3 is 2.64 bits per heavy atom. The van der Waals surface area contributed by atoms with Gasteiger partial charge in [0.25, 0.3) is 5.91 Å². The van der Waals surface area contributed by atoms with Crippen LogP contribution >= 0.6 is 0 Å². The SMILES string of the molecule is Cc1cc(CNc2nc(N3CC4CC4C3)ncc2C(=O)N[C@H]2CC[C@H](C)CC2)ccc1CO. The van der Waals surface area contributed by atoms with Crippen molar-refractivity contribution in [2.24, 2.45) is 17.8 Å². The lowest BCUT2D eigenvalue weighted by Crippen LogP contribution is -2.38. The molecule has 1 amide bonds. The summed E-state index contributed by atoms with van der Waals surface area (Å²) in [5.74, 6) is 3.51. The lowest BCUT2D eigenvalue weighted by atomic mass is 9.87. The lowest BCUT2D eigenvalue weighted by Gasteiger charge is -2.27. The van der Waals surface area contributed by atoms with Gasteiger partial charge in [-0.15, -0.1) is 0 Å². The summed E-state index contributed by atoms with van der Waals surface area (Å²) in [4.78, 5) is 24.8. The molecule has 3 aliphatic rings. The summed E-state index contributed by atoms with van der Waals surface area (Å²) in [5.41, 5.74) is 3.57.